The fraction of sp³-hybridized carbons (Fsp3) is 0.500. The third-order valence-electron chi connectivity index (χ3n) is 5.53. The summed E-state index contributed by atoms with van der Waals surface area (Å²) in [5.74, 6) is 1.85. The Balaban J connectivity index is 1.29. The summed E-state index contributed by atoms with van der Waals surface area (Å²) in [6, 6.07) is 12.8. The zero-order valence-corrected chi connectivity index (χ0v) is 20.3. The molecule has 2 aromatic carbocycles. The van der Waals surface area contributed by atoms with Crippen LogP contribution >= 0.6 is 23.2 Å². The van der Waals surface area contributed by atoms with Crippen molar-refractivity contribution in [2.45, 2.75) is 31.1 Å². The number of para-hydroxylation sites is 2. The number of aliphatic hydroxyl groups excluding tert-OH is 2. The van der Waals surface area contributed by atoms with Crippen LogP contribution in [0.5, 0.6) is 17.2 Å². The number of nitrogens with one attached hydrogen (secondary N) is 1. The Hall–Kier alpha value is -1.74. The number of methoxy groups -OCH3 is 1. The summed E-state index contributed by atoms with van der Waals surface area (Å²) in [5.41, 5.74) is 0. The predicted molar refractivity (Wildman–Crippen MR) is 130 cm³/mol. The molecule has 0 amide bonds. The predicted octanol–water partition coefficient (Wildman–Crippen LogP) is 3.24. The third-order valence-corrected chi connectivity index (χ3v) is 6.27. The van der Waals surface area contributed by atoms with Gasteiger partial charge >= 0.3 is 0 Å². The van der Waals surface area contributed by atoms with Crippen LogP contribution in [-0.4, -0.2) is 79.9 Å². The molecule has 2 atom stereocenters. The molecule has 0 spiro atoms. The summed E-state index contributed by atoms with van der Waals surface area (Å²) < 4.78 is 16.6. The molecule has 9 heteroatoms. The number of hydrogen-bond donors (Lipinski definition) is 3. The van der Waals surface area contributed by atoms with Gasteiger partial charge in [-0.1, -0.05) is 35.3 Å². The van der Waals surface area contributed by atoms with Crippen LogP contribution in [0.3, 0.4) is 0 Å². The molecular weight excluding hydrogens is 467 g/mol. The van der Waals surface area contributed by atoms with Crippen molar-refractivity contribution in [2.75, 3.05) is 46.5 Å². The smallest absolute Gasteiger partial charge is 0.161 e. The molecule has 0 aliphatic carbocycles. The van der Waals surface area contributed by atoms with E-state index in [1.807, 2.05) is 24.3 Å². The molecule has 0 aromatic heterocycles. The maximum atomic E-state index is 10.3. The highest BCUT2D eigenvalue weighted by Gasteiger charge is 2.22. The fourth-order valence-corrected chi connectivity index (χ4v) is 4.00. The molecule has 182 valence electrons. The highest BCUT2D eigenvalue weighted by molar-refractivity contribution is 6.42. The molecule has 3 rings (SSSR count). The number of likely N-dealkylation sites (tertiary alicyclic amines) is 1. The largest absolute Gasteiger partial charge is 0.493 e. The van der Waals surface area contributed by atoms with Gasteiger partial charge in [-0.2, -0.15) is 0 Å². The SMILES string of the molecule is COc1ccccc1OCC(O)CNC1CCN(CC(O)COc2ccc(Cl)c(Cl)c2)CC1. The van der Waals surface area contributed by atoms with Gasteiger partial charge in [0, 0.05) is 25.2 Å². The van der Waals surface area contributed by atoms with Crippen molar-refractivity contribution < 1.29 is 24.4 Å². The minimum absolute atomic E-state index is 0.189. The van der Waals surface area contributed by atoms with E-state index in [4.69, 9.17) is 37.4 Å². The van der Waals surface area contributed by atoms with E-state index >= 15 is 0 Å². The standard InChI is InChI=1S/C24H32Cl2N2O5/c1-31-23-4-2-3-5-24(23)33-15-18(29)13-27-17-8-10-28(11-9-17)14-19(30)16-32-20-6-7-21(25)22(26)12-20/h2-7,12,17-19,27,29-30H,8-11,13-16H2,1H3. The average Bonchev–Trinajstić information content (AvgIpc) is 2.83. The van der Waals surface area contributed by atoms with Crippen LogP contribution in [0, 0.1) is 0 Å². The maximum absolute atomic E-state index is 10.3. The summed E-state index contributed by atoms with van der Waals surface area (Å²) >= 11 is 11.9. The highest BCUT2D eigenvalue weighted by Crippen LogP contribution is 2.27. The van der Waals surface area contributed by atoms with Crippen molar-refractivity contribution in [1.82, 2.24) is 10.2 Å². The number of rotatable bonds is 12. The van der Waals surface area contributed by atoms with Gasteiger partial charge < -0.3 is 34.6 Å². The number of halogens is 2. The van der Waals surface area contributed by atoms with E-state index in [0.29, 0.717) is 46.4 Å². The Labute approximate surface area is 205 Å². The minimum Gasteiger partial charge on any atom is -0.493 e. The van der Waals surface area contributed by atoms with Gasteiger partial charge in [0.1, 0.15) is 31.2 Å². The van der Waals surface area contributed by atoms with Gasteiger partial charge in [-0.05, 0) is 50.2 Å². The lowest BCUT2D eigenvalue weighted by atomic mass is 10.0. The van der Waals surface area contributed by atoms with Gasteiger partial charge in [-0.15, -0.1) is 0 Å². The zero-order valence-electron chi connectivity index (χ0n) is 18.8. The Morgan fingerprint density at radius 1 is 0.970 bits per heavy atom. The Morgan fingerprint density at radius 3 is 2.36 bits per heavy atom. The molecule has 1 aliphatic rings. The normalized spacial score (nSPS) is 16.9. The summed E-state index contributed by atoms with van der Waals surface area (Å²) in [5, 5.41) is 24.9. The Kier molecular flexibility index (Phi) is 10.4. The van der Waals surface area contributed by atoms with Crippen molar-refractivity contribution in [3.05, 3.63) is 52.5 Å². The second-order valence-electron chi connectivity index (χ2n) is 8.14. The number of β-amino-alcohol motifs (C(OH)–C–C–N with tert-alkyl or cyclic N) is 1. The van der Waals surface area contributed by atoms with Crippen LogP contribution in [-0.2, 0) is 0 Å². The number of piperidine rings is 1. The van der Waals surface area contributed by atoms with E-state index in [1.165, 1.54) is 0 Å². The van der Waals surface area contributed by atoms with Crippen molar-refractivity contribution in [3.8, 4) is 17.2 Å². The number of aliphatic hydroxyl groups is 2. The highest BCUT2D eigenvalue weighted by atomic mass is 35.5. The molecule has 1 saturated heterocycles. The lowest BCUT2D eigenvalue weighted by molar-refractivity contribution is 0.0555. The van der Waals surface area contributed by atoms with Crippen molar-refractivity contribution in [3.63, 3.8) is 0 Å². The van der Waals surface area contributed by atoms with E-state index in [0.717, 1.165) is 25.9 Å². The molecular formula is C24H32Cl2N2O5. The second-order valence-corrected chi connectivity index (χ2v) is 8.95. The van der Waals surface area contributed by atoms with E-state index in [1.54, 1.807) is 25.3 Å². The summed E-state index contributed by atoms with van der Waals surface area (Å²) in [6.45, 7) is 3.12. The van der Waals surface area contributed by atoms with Crippen molar-refractivity contribution in [2.24, 2.45) is 0 Å². The van der Waals surface area contributed by atoms with Crippen LogP contribution in [0.25, 0.3) is 0 Å². The summed E-state index contributed by atoms with van der Waals surface area (Å²) in [7, 11) is 1.59. The number of ether oxygens (including phenoxy) is 3. The number of nitrogens with zero attached hydrogens (tertiary/aromatic N) is 1. The lowest BCUT2D eigenvalue weighted by Gasteiger charge is -2.33. The van der Waals surface area contributed by atoms with Gasteiger partial charge in [0.05, 0.1) is 17.2 Å². The molecule has 0 saturated carbocycles. The first-order chi connectivity index (χ1) is 15.9. The van der Waals surface area contributed by atoms with Gasteiger partial charge in [-0.3, -0.25) is 0 Å². The summed E-state index contributed by atoms with van der Waals surface area (Å²) in [6.07, 6.45) is 0.673. The molecule has 33 heavy (non-hydrogen) atoms. The third kappa shape index (κ3) is 8.52. The number of hydrogen-bond acceptors (Lipinski definition) is 7. The fourth-order valence-electron chi connectivity index (χ4n) is 3.72. The van der Waals surface area contributed by atoms with Crippen LogP contribution < -0.4 is 19.5 Å². The quantitative estimate of drug-likeness (QED) is 0.414. The second kappa shape index (κ2) is 13.2. The first-order valence-electron chi connectivity index (χ1n) is 11.1. The maximum Gasteiger partial charge on any atom is 0.161 e. The van der Waals surface area contributed by atoms with Crippen LogP contribution in [0.4, 0.5) is 0 Å². The number of benzene rings is 2. The van der Waals surface area contributed by atoms with Crippen LogP contribution in [0.1, 0.15) is 12.8 Å². The summed E-state index contributed by atoms with van der Waals surface area (Å²) in [4.78, 5) is 2.22. The minimum atomic E-state index is -0.617. The van der Waals surface area contributed by atoms with Crippen molar-refractivity contribution in [1.29, 1.82) is 0 Å². The monoisotopic (exact) mass is 498 g/mol. The Morgan fingerprint density at radius 2 is 1.67 bits per heavy atom. The molecule has 7 nitrogen and oxygen atoms in total. The van der Waals surface area contributed by atoms with E-state index in [2.05, 4.69) is 10.2 Å². The first-order valence-corrected chi connectivity index (χ1v) is 11.9. The van der Waals surface area contributed by atoms with E-state index in [9.17, 15) is 10.2 Å². The molecule has 2 aromatic rings. The van der Waals surface area contributed by atoms with Gasteiger partial charge in [0.2, 0.25) is 0 Å². The molecule has 1 heterocycles. The lowest BCUT2D eigenvalue weighted by Crippen LogP contribution is -2.47. The van der Waals surface area contributed by atoms with Gasteiger partial charge in [0.25, 0.3) is 0 Å². The van der Waals surface area contributed by atoms with E-state index in [-0.39, 0.29) is 13.2 Å². The molecule has 1 fully saturated rings. The van der Waals surface area contributed by atoms with Crippen LogP contribution in [0.2, 0.25) is 10.0 Å². The van der Waals surface area contributed by atoms with Crippen LogP contribution in [0.15, 0.2) is 42.5 Å². The topological polar surface area (TPSA) is 83.4 Å². The molecule has 2 unspecified atom stereocenters. The molecule has 0 radical (unpaired) electrons. The molecule has 3 N–H and O–H groups in total. The van der Waals surface area contributed by atoms with Gasteiger partial charge in [0.15, 0.2) is 11.5 Å². The molecule has 0 bridgehead atoms. The van der Waals surface area contributed by atoms with Crippen molar-refractivity contribution >= 4 is 23.2 Å². The molecule has 1 aliphatic heterocycles. The first kappa shape index (κ1) is 25.9. The van der Waals surface area contributed by atoms with Gasteiger partial charge in [-0.25, -0.2) is 0 Å². The average molecular weight is 499 g/mol. The Bertz CT molecular complexity index is 864. The van der Waals surface area contributed by atoms with E-state index < -0.39 is 12.2 Å². The zero-order chi connectivity index (χ0) is 23.6.